The van der Waals surface area contributed by atoms with Crippen molar-refractivity contribution in [1.29, 1.82) is 0 Å². The Kier molecular flexibility index (Phi) is 10.9. The van der Waals surface area contributed by atoms with Gasteiger partial charge in [-0.3, -0.25) is 0 Å². The van der Waals surface area contributed by atoms with Gasteiger partial charge in [0.05, 0.1) is 17.8 Å². The van der Waals surface area contributed by atoms with Crippen LogP contribution in [0.1, 0.15) is 17.8 Å². The standard InChI is InChI=1S/2C41H27N3/c2*1-3-11-29(12-4-1)39-42-40(30-13-5-2-6-14-30)44-41(43-39)38-17-9-16-32(27-38)33-20-21-37-26-36(23-22-35(37)25-33)34-19-18-28-10-7-8-15-31(28)24-34/h2*1-27H/i7D,8D,10D,15D,18D,19D,24D;20D,21D,22D,23D,25D,26D. The third kappa shape index (κ3) is 11.2. The van der Waals surface area contributed by atoms with Gasteiger partial charge in [-0.15, -0.1) is 0 Å². The predicted octanol–water partition coefficient (Wildman–Crippen LogP) is 21.0. The second kappa shape index (κ2) is 23.7. The van der Waals surface area contributed by atoms with Crippen LogP contribution < -0.4 is 0 Å². The third-order valence-electron chi connectivity index (χ3n) is 15.1. The summed E-state index contributed by atoms with van der Waals surface area (Å²) in [4.78, 5) is 28.9. The van der Waals surface area contributed by atoms with Gasteiger partial charge in [0.15, 0.2) is 34.9 Å². The highest BCUT2D eigenvalue weighted by atomic mass is 15.0. The zero-order chi connectivity index (χ0) is 69.9. The number of benzene rings is 14. The zero-order valence-corrected chi connectivity index (χ0v) is 46.9. The minimum Gasteiger partial charge on any atom is -0.208 e. The van der Waals surface area contributed by atoms with Gasteiger partial charge in [0.25, 0.3) is 0 Å². The van der Waals surface area contributed by atoms with Gasteiger partial charge in [-0.2, -0.15) is 0 Å². The van der Waals surface area contributed by atoms with Crippen LogP contribution in [0.2, 0.25) is 0 Å². The van der Waals surface area contributed by atoms with E-state index in [4.69, 9.17) is 46.4 Å². The molecular weight excluding hydrogens is 1070 g/mol. The van der Waals surface area contributed by atoms with E-state index in [1.807, 2.05) is 206 Å². The van der Waals surface area contributed by atoms with Crippen LogP contribution in [0.5, 0.6) is 0 Å². The van der Waals surface area contributed by atoms with E-state index < -0.39 is 18.1 Å². The molecule has 0 aliphatic carbocycles. The van der Waals surface area contributed by atoms with Crippen molar-refractivity contribution in [2.75, 3.05) is 0 Å². The monoisotopic (exact) mass is 1140 g/mol. The van der Waals surface area contributed by atoms with Crippen molar-refractivity contribution in [3.05, 3.63) is 327 Å². The SMILES string of the molecule is [2H]c1c(-c2ccc3ccccc3c2)c([2H])c2c([2H])c([2H])c(-c3cccc(-c4nc(-c5ccccc5)nc(-c5ccccc5)n4)c3)c([2H])c2c1[2H].[2H]c1c([2H])c([2H])c2c([2H])c(-c3ccc4cc(-c5cccc(-c6nc(-c7ccccc7)nc(-c7ccccc7)n6)c5)ccc4c3)c([2H])c([2H])c2c1[2H]. The van der Waals surface area contributed by atoms with E-state index in [-0.39, 0.29) is 98.7 Å². The lowest BCUT2D eigenvalue weighted by Gasteiger charge is -2.10. The Balaban J connectivity index is 0.000000164. The average Bonchev–Trinajstić information content (AvgIpc) is 0.730. The van der Waals surface area contributed by atoms with Crippen molar-refractivity contribution >= 4 is 43.1 Å². The molecule has 0 saturated carbocycles. The van der Waals surface area contributed by atoms with Crippen LogP contribution in [0.15, 0.2) is 327 Å². The number of aromatic nitrogens is 6. The van der Waals surface area contributed by atoms with Crippen molar-refractivity contribution in [2.45, 2.75) is 0 Å². The second-order valence-corrected chi connectivity index (χ2v) is 20.8. The Bertz CT molecular complexity index is 5900. The maximum atomic E-state index is 9.27. The van der Waals surface area contributed by atoms with Crippen LogP contribution in [0.25, 0.3) is 156 Å². The molecule has 0 atom stereocenters. The molecule has 412 valence electrons. The molecule has 0 amide bonds. The molecule has 0 bridgehead atoms. The Morgan fingerprint density at radius 3 is 0.864 bits per heavy atom. The smallest absolute Gasteiger partial charge is 0.164 e. The minimum absolute atomic E-state index is 0.00355. The molecule has 16 aromatic rings. The molecule has 6 heteroatoms. The van der Waals surface area contributed by atoms with Crippen LogP contribution in [0, 0.1) is 0 Å². The summed E-state index contributed by atoms with van der Waals surface area (Å²) in [5.74, 6) is 3.11. The first-order valence-corrected chi connectivity index (χ1v) is 28.5. The molecule has 0 aliphatic rings. The summed E-state index contributed by atoms with van der Waals surface area (Å²) >= 11 is 0. The van der Waals surface area contributed by atoms with Crippen LogP contribution in [-0.2, 0) is 0 Å². The fraction of sp³-hybridized carbons (Fsp3) is 0. The average molecular weight is 1140 g/mol. The van der Waals surface area contributed by atoms with Crippen molar-refractivity contribution in [2.24, 2.45) is 0 Å². The van der Waals surface area contributed by atoms with Gasteiger partial charge in [0.1, 0.15) is 0 Å². The summed E-state index contributed by atoms with van der Waals surface area (Å²) in [6.07, 6.45) is 0. The van der Waals surface area contributed by atoms with Crippen LogP contribution in [-0.4, -0.2) is 29.9 Å². The first-order valence-electron chi connectivity index (χ1n) is 35.0. The van der Waals surface area contributed by atoms with E-state index in [2.05, 4.69) is 12.1 Å². The lowest BCUT2D eigenvalue weighted by Crippen LogP contribution is -2.00. The Labute approximate surface area is 528 Å². The van der Waals surface area contributed by atoms with Gasteiger partial charge >= 0.3 is 0 Å². The zero-order valence-electron chi connectivity index (χ0n) is 59.9. The van der Waals surface area contributed by atoms with Gasteiger partial charge in [-0.05, 0) is 136 Å². The molecule has 2 aromatic heterocycles. The van der Waals surface area contributed by atoms with Crippen LogP contribution >= 0.6 is 0 Å². The van der Waals surface area contributed by atoms with E-state index in [0.29, 0.717) is 57.2 Å². The molecule has 88 heavy (non-hydrogen) atoms. The van der Waals surface area contributed by atoms with E-state index in [0.717, 1.165) is 60.5 Å². The Morgan fingerprint density at radius 1 is 0.170 bits per heavy atom. The maximum Gasteiger partial charge on any atom is 0.164 e. The summed E-state index contributed by atoms with van der Waals surface area (Å²) in [6.45, 7) is 0. The van der Waals surface area contributed by atoms with Gasteiger partial charge < -0.3 is 0 Å². The van der Waals surface area contributed by atoms with Gasteiger partial charge in [0, 0.05) is 33.4 Å². The highest BCUT2D eigenvalue weighted by molar-refractivity contribution is 5.95. The number of rotatable bonds is 10. The summed E-state index contributed by atoms with van der Waals surface area (Å²) in [6, 6.07) is 75.2. The van der Waals surface area contributed by atoms with Crippen molar-refractivity contribution in [3.63, 3.8) is 0 Å². The molecule has 0 aliphatic heterocycles. The molecule has 2 heterocycles. The highest BCUT2D eigenvalue weighted by Gasteiger charge is 2.16. The van der Waals surface area contributed by atoms with Crippen LogP contribution in [0.3, 0.4) is 0 Å². The number of hydrogen-bond donors (Lipinski definition) is 0. The molecule has 0 spiro atoms. The predicted molar refractivity (Wildman–Crippen MR) is 364 cm³/mol. The van der Waals surface area contributed by atoms with Crippen LogP contribution in [0.4, 0.5) is 0 Å². The molecule has 6 nitrogen and oxygen atoms in total. The Hall–Kier alpha value is -11.9. The lowest BCUT2D eigenvalue weighted by atomic mass is 9.96. The summed E-state index contributed by atoms with van der Waals surface area (Å²) in [5, 5.41) is 3.54. The van der Waals surface area contributed by atoms with E-state index in [1.165, 1.54) is 0 Å². The molecule has 0 fully saturated rings. The number of fused-ring (bicyclic) bond motifs is 4. The highest BCUT2D eigenvalue weighted by Crippen LogP contribution is 2.35. The fourth-order valence-electron chi connectivity index (χ4n) is 10.5. The first-order chi connectivity index (χ1) is 49.0. The van der Waals surface area contributed by atoms with Crippen molar-refractivity contribution in [1.82, 2.24) is 29.9 Å². The summed E-state index contributed by atoms with van der Waals surface area (Å²) in [5.41, 5.74) is 8.87. The topological polar surface area (TPSA) is 77.3 Å². The van der Waals surface area contributed by atoms with Crippen molar-refractivity contribution in [3.8, 4) is 113 Å². The van der Waals surface area contributed by atoms with Gasteiger partial charge in [0.2, 0.25) is 0 Å². The third-order valence-corrected chi connectivity index (χ3v) is 15.1. The minimum atomic E-state index is -0.484. The number of nitrogens with zero attached hydrogens (tertiary/aromatic N) is 6. The maximum absolute atomic E-state index is 9.27. The molecule has 16 rings (SSSR count). The number of hydrogen-bond acceptors (Lipinski definition) is 6. The van der Waals surface area contributed by atoms with Crippen molar-refractivity contribution < 1.29 is 17.8 Å². The Morgan fingerprint density at radius 2 is 0.443 bits per heavy atom. The largest absolute Gasteiger partial charge is 0.208 e. The lowest BCUT2D eigenvalue weighted by molar-refractivity contribution is 1.07. The summed E-state index contributed by atoms with van der Waals surface area (Å²) in [7, 11) is 0. The molecular formula is C82H54N6. The molecule has 0 unspecified atom stereocenters. The quantitative estimate of drug-likeness (QED) is 0.136. The molecule has 0 saturated heterocycles. The van der Waals surface area contributed by atoms with Gasteiger partial charge in [-0.1, -0.05) is 279 Å². The first kappa shape index (κ1) is 40.4. The van der Waals surface area contributed by atoms with E-state index in [9.17, 15) is 1.37 Å². The van der Waals surface area contributed by atoms with Gasteiger partial charge in [-0.25, -0.2) is 29.9 Å². The van der Waals surface area contributed by atoms with E-state index >= 15 is 0 Å². The fourth-order valence-corrected chi connectivity index (χ4v) is 10.5. The molecule has 14 aromatic carbocycles. The normalized spacial score (nSPS) is 13.2. The summed E-state index contributed by atoms with van der Waals surface area (Å²) < 4.78 is 114. The second-order valence-electron chi connectivity index (χ2n) is 20.8. The van der Waals surface area contributed by atoms with E-state index in [1.54, 1.807) is 30.3 Å². The molecule has 0 N–H and O–H groups in total. The molecule has 0 radical (unpaired) electrons.